The van der Waals surface area contributed by atoms with Crippen LogP contribution in [-0.2, 0) is 0 Å². The Morgan fingerprint density at radius 2 is 1.13 bits per heavy atom. The van der Waals surface area contributed by atoms with Crippen molar-refractivity contribution >= 4 is 16.7 Å². The minimum absolute atomic E-state index is 0.248. The summed E-state index contributed by atoms with van der Waals surface area (Å²) < 4.78 is 1.42. The van der Waals surface area contributed by atoms with Gasteiger partial charge in [-0.15, -0.1) is 0 Å². The molecule has 0 N–H and O–H groups in total. The number of quaternary nitrogens is 1. The lowest BCUT2D eigenvalue weighted by Gasteiger charge is -2.39. The fraction of sp³-hybridized carbons (Fsp3) is 0.593. The van der Waals surface area contributed by atoms with E-state index in [0.717, 1.165) is 10.8 Å². The zero-order valence-corrected chi connectivity index (χ0v) is 19.8. The van der Waals surface area contributed by atoms with Gasteiger partial charge in [-0.1, -0.05) is 95.8 Å². The first-order chi connectivity index (χ1) is 14.5. The van der Waals surface area contributed by atoms with E-state index >= 15 is 0 Å². The van der Waals surface area contributed by atoms with Crippen molar-refractivity contribution < 1.29 is 14.4 Å². The van der Waals surface area contributed by atoms with Crippen LogP contribution in [0.25, 0.3) is 10.8 Å². The molecule has 0 heterocycles. The van der Waals surface area contributed by atoms with Crippen LogP contribution in [0.3, 0.4) is 0 Å². The second kappa shape index (κ2) is 15.0. The second-order valence-corrected chi connectivity index (χ2v) is 8.46. The van der Waals surface area contributed by atoms with Crippen LogP contribution in [0.4, 0.5) is 0 Å². The Labute approximate surface area is 184 Å². The maximum atomic E-state index is 10.7. The zero-order valence-electron chi connectivity index (χ0n) is 19.8. The number of carbonyl (C=O) groups is 1. The summed E-state index contributed by atoms with van der Waals surface area (Å²) in [4.78, 5) is 10.7. The number of carbonyl (C=O) groups excluding carboxylic acids is 1. The van der Waals surface area contributed by atoms with E-state index in [4.69, 9.17) is 0 Å². The van der Waals surface area contributed by atoms with E-state index in [1.807, 2.05) is 24.3 Å². The smallest absolute Gasteiger partial charge is 0.0786 e. The highest BCUT2D eigenvalue weighted by Gasteiger charge is 2.24. The summed E-state index contributed by atoms with van der Waals surface area (Å²) in [7, 11) is 0. The third kappa shape index (κ3) is 8.87. The number of unbranched alkanes of at least 4 members (excludes halogenated alkanes) is 4. The van der Waals surface area contributed by atoms with Crippen molar-refractivity contribution in [2.24, 2.45) is 0 Å². The molecule has 3 nitrogen and oxygen atoms in total. The van der Waals surface area contributed by atoms with Gasteiger partial charge in [0, 0.05) is 5.56 Å². The molecular weight excluding hydrogens is 370 g/mol. The summed E-state index contributed by atoms with van der Waals surface area (Å²) in [6, 6.07) is 12.5. The third-order valence-electron chi connectivity index (χ3n) is 5.95. The molecule has 2 rings (SSSR count). The van der Waals surface area contributed by atoms with Gasteiger partial charge in [0.05, 0.1) is 32.1 Å². The van der Waals surface area contributed by atoms with Crippen LogP contribution in [0.15, 0.2) is 42.5 Å². The normalized spacial score (nSPS) is 11.2. The summed E-state index contributed by atoms with van der Waals surface area (Å²) in [6.45, 7) is 15.0. The minimum Gasteiger partial charge on any atom is -0.545 e. The molecule has 30 heavy (non-hydrogen) atoms. The maximum Gasteiger partial charge on any atom is 0.0786 e. The van der Waals surface area contributed by atoms with E-state index in [-0.39, 0.29) is 5.56 Å². The Kier molecular flexibility index (Phi) is 13.1. The molecule has 0 aliphatic rings. The monoisotopic (exact) mass is 413 g/mol. The molecule has 0 amide bonds. The number of rotatable bonds is 13. The largest absolute Gasteiger partial charge is 0.545 e. The van der Waals surface area contributed by atoms with Gasteiger partial charge in [0.1, 0.15) is 0 Å². The quantitative estimate of drug-likeness (QED) is 0.366. The molecule has 0 saturated carbocycles. The van der Waals surface area contributed by atoms with E-state index in [0.29, 0.717) is 0 Å². The lowest BCUT2D eigenvalue weighted by Crippen LogP contribution is -2.50. The van der Waals surface area contributed by atoms with Gasteiger partial charge in [-0.3, -0.25) is 0 Å². The van der Waals surface area contributed by atoms with Gasteiger partial charge in [0.15, 0.2) is 0 Å². The predicted molar refractivity (Wildman–Crippen MR) is 128 cm³/mol. The highest BCUT2D eigenvalue weighted by Crippen LogP contribution is 2.18. The zero-order chi connectivity index (χ0) is 22.2. The van der Waals surface area contributed by atoms with Crippen LogP contribution in [0.2, 0.25) is 0 Å². The molecule has 0 fully saturated rings. The minimum atomic E-state index is -1.13. The number of hydrogen-bond donors (Lipinski definition) is 0. The van der Waals surface area contributed by atoms with E-state index in [1.165, 1.54) is 82.0 Å². The highest BCUT2D eigenvalue weighted by molar-refractivity contribution is 6.02. The molecular formula is C27H43NO2. The summed E-state index contributed by atoms with van der Waals surface area (Å²) in [5.41, 5.74) is 0.248. The number of aromatic carboxylic acids is 1. The maximum absolute atomic E-state index is 10.7. The van der Waals surface area contributed by atoms with E-state index in [1.54, 1.807) is 18.2 Å². The molecule has 0 aromatic heterocycles. The van der Waals surface area contributed by atoms with Crippen molar-refractivity contribution in [3.63, 3.8) is 0 Å². The Balaban J connectivity index is 0.000000308. The lowest BCUT2D eigenvalue weighted by atomic mass is 10.1. The van der Waals surface area contributed by atoms with Gasteiger partial charge < -0.3 is 14.4 Å². The van der Waals surface area contributed by atoms with Crippen LogP contribution < -0.4 is 5.11 Å². The van der Waals surface area contributed by atoms with Gasteiger partial charge in [-0.05, 0) is 36.5 Å². The van der Waals surface area contributed by atoms with E-state index < -0.39 is 5.97 Å². The molecule has 3 heteroatoms. The third-order valence-corrected chi connectivity index (χ3v) is 5.95. The second-order valence-electron chi connectivity index (χ2n) is 8.46. The van der Waals surface area contributed by atoms with Crippen molar-refractivity contribution in [3.8, 4) is 0 Å². The number of benzene rings is 2. The highest BCUT2D eigenvalue weighted by atomic mass is 16.4. The fourth-order valence-electron chi connectivity index (χ4n) is 4.05. The molecule has 0 atom stereocenters. The van der Waals surface area contributed by atoms with Crippen LogP contribution in [0.5, 0.6) is 0 Å². The summed E-state index contributed by atoms with van der Waals surface area (Å²) >= 11 is 0. The number of hydrogen-bond acceptors (Lipinski definition) is 2. The lowest BCUT2D eigenvalue weighted by molar-refractivity contribution is -0.929. The van der Waals surface area contributed by atoms with Crippen LogP contribution in [-0.4, -0.2) is 36.6 Å². The van der Waals surface area contributed by atoms with Gasteiger partial charge in [-0.2, -0.15) is 0 Å². The topological polar surface area (TPSA) is 40.1 Å². The van der Waals surface area contributed by atoms with Crippen molar-refractivity contribution in [1.29, 1.82) is 0 Å². The predicted octanol–water partition coefficient (Wildman–Crippen LogP) is 6.21. The number of nitrogens with zero attached hydrogens (tertiary/aromatic N) is 1. The average molecular weight is 414 g/mol. The summed E-state index contributed by atoms with van der Waals surface area (Å²) in [5.74, 6) is -1.13. The van der Waals surface area contributed by atoms with Crippen molar-refractivity contribution in [3.05, 3.63) is 48.0 Å². The first-order valence-electron chi connectivity index (χ1n) is 12.1. The van der Waals surface area contributed by atoms with Crippen LogP contribution >= 0.6 is 0 Å². The average Bonchev–Trinajstić information content (AvgIpc) is 2.78. The van der Waals surface area contributed by atoms with Crippen molar-refractivity contribution in [2.75, 3.05) is 26.2 Å². The molecule has 0 spiro atoms. The van der Waals surface area contributed by atoms with Crippen LogP contribution in [0, 0.1) is 0 Å². The molecule has 0 aliphatic heterocycles. The Bertz CT molecular complexity index is 683. The van der Waals surface area contributed by atoms with Gasteiger partial charge in [-0.25, -0.2) is 0 Å². The standard InChI is InChI=1S/C16H36N.C11H8O2/c1-5-9-13-17(14-10-6-2,15-11-7-3)16-12-8-4;12-11(13)10-7-3-5-8-4-1-2-6-9(8)10/h5-16H2,1-4H3;1-7H,(H,12,13)/q+1;/p-1. The van der Waals surface area contributed by atoms with E-state index in [9.17, 15) is 9.90 Å². The van der Waals surface area contributed by atoms with Gasteiger partial charge >= 0.3 is 0 Å². The molecule has 0 aliphatic carbocycles. The Hall–Kier alpha value is -1.87. The number of carboxylic acids is 1. The fourth-order valence-corrected chi connectivity index (χ4v) is 4.05. The van der Waals surface area contributed by atoms with Crippen molar-refractivity contribution in [1.82, 2.24) is 0 Å². The molecule has 0 unspecified atom stereocenters. The first kappa shape index (κ1) is 26.2. The number of carboxylic acid groups (broad SMARTS) is 1. The summed E-state index contributed by atoms with van der Waals surface area (Å²) in [6.07, 6.45) is 11.1. The van der Waals surface area contributed by atoms with E-state index in [2.05, 4.69) is 27.7 Å². The van der Waals surface area contributed by atoms with Gasteiger partial charge in [0.25, 0.3) is 0 Å². The van der Waals surface area contributed by atoms with Gasteiger partial charge in [0.2, 0.25) is 0 Å². The Morgan fingerprint density at radius 1 is 0.700 bits per heavy atom. The molecule has 0 saturated heterocycles. The first-order valence-corrected chi connectivity index (χ1v) is 12.1. The molecule has 2 aromatic rings. The van der Waals surface area contributed by atoms with Crippen molar-refractivity contribution in [2.45, 2.75) is 79.1 Å². The SMILES string of the molecule is CCCC[N+](CCCC)(CCCC)CCCC.O=C([O-])c1cccc2ccccc12. The molecule has 0 radical (unpaired) electrons. The molecule has 0 bridgehead atoms. The Morgan fingerprint density at radius 3 is 1.57 bits per heavy atom. The summed E-state index contributed by atoms with van der Waals surface area (Å²) in [5, 5.41) is 12.4. The molecule has 2 aromatic carbocycles. The number of fused-ring (bicyclic) bond motifs is 1. The molecule has 168 valence electrons. The van der Waals surface area contributed by atoms with Crippen LogP contribution in [0.1, 0.15) is 89.4 Å².